The second-order valence-electron chi connectivity index (χ2n) is 11.1. The number of benzene rings is 2. The van der Waals surface area contributed by atoms with Crippen LogP contribution in [0.1, 0.15) is 55.2 Å². The van der Waals surface area contributed by atoms with Crippen molar-refractivity contribution in [2.45, 2.75) is 46.5 Å². The summed E-state index contributed by atoms with van der Waals surface area (Å²) >= 11 is 2.72. The summed E-state index contributed by atoms with van der Waals surface area (Å²) in [6.07, 6.45) is 5.65. The maximum absolute atomic E-state index is 13.5. The number of thiophene rings is 1. The van der Waals surface area contributed by atoms with Gasteiger partial charge in [0.1, 0.15) is 22.5 Å². The molecule has 0 radical (unpaired) electrons. The zero-order valence-electron chi connectivity index (χ0n) is 24.3. The number of hydrogen-bond donors (Lipinski definition) is 1. The van der Waals surface area contributed by atoms with E-state index >= 15 is 0 Å². The Morgan fingerprint density at radius 2 is 1.98 bits per heavy atom. The first-order chi connectivity index (χ1) is 20.2. The Kier molecular flexibility index (Phi) is 8.85. The van der Waals surface area contributed by atoms with Gasteiger partial charge in [-0.25, -0.2) is 4.99 Å². The SMILES string of the molecule is CCC(C)(C)[C@H]1CCc2c(sc(NC(=O)CSC3=N/C(=C/c4ccccc4OC)C(=O)N3c3ccccc3)c2C#N)C1. The molecular formula is C33H34N4O3S2. The number of nitrogens with one attached hydrogen (secondary N) is 1. The minimum absolute atomic E-state index is 0.0380. The molecule has 1 aromatic heterocycles. The van der Waals surface area contributed by atoms with Gasteiger partial charge in [-0.3, -0.25) is 14.5 Å². The molecule has 0 saturated carbocycles. The quantitative estimate of drug-likeness (QED) is 0.275. The van der Waals surface area contributed by atoms with Crippen LogP contribution in [0.2, 0.25) is 0 Å². The number of nitriles is 1. The number of thioether (sulfide) groups is 1. The van der Waals surface area contributed by atoms with E-state index in [1.807, 2.05) is 54.6 Å². The number of methoxy groups -OCH3 is 1. The number of nitrogens with zero attached hydrogens (tertiary/aromatic N) is 3. The Bertz CT molecular complexity index is 1600. The van der Waals surface area contributed by atoms with Crippen LogP contribution in [-0.4, -0.2) is 29.8 Å². The van der Waals surface area contributed by atoms with Gasteiger partial charge in [0.25, 0.3) is 5.91 Å². The van der Waals surface area contributed by atoms with Gasteiger partial charge in [-0.1, -0.05) is 75.4 Å². The Labute approximate surface area is 255 Å². The van der Waals surface area contributed by atoms with Crippen molar-refractivity contribution >= 4 is 56.8 Å². The van der Waals surface area contributed by atoms with Gasteiger partial charge in [0.15, 0.2) is 5.17 Å². The molecule has 2 aliphatic rings. The number of carbonyl (C=O) groups is 2. The highest BCUT2D eigenvalue weighted by Gasteiger charge is 2.35. The highest BCUT2D eigenvalue weighted by atomic mass is 32.2. The molecular weight excluding hydrogens is 565 g/mol. The van der Waals surface area contributed by atoms with E-state index in [1.165, 1.54) is 32.9 Å². The number of hydrogen-bond acceptors (Lipinski definition) is 7. The van der Waals surface area contributed by atoms with Crippen LogP contribution in [0.3, 0.4) is 0 Å². The van der Waals surface area contributed by atoms with E-state index in [0.29, 0.717) is 33.1 Å². The monoisotopic (exact) mass is 598 g/mol. The third-order valence-corrected chi connectivity index (χ3v) is 10.4. The topological polar surface area (TPSA) is 94.8 Å². The predicted octanol–water partition coefficient (Wildman–Crippen LogP) is 7.29. The zero-order chi connectivity index (χ0) is 29.9. The van der Waals surface area contributed by atoms with Gasteiger partial charge < -0.3 is 10.1 Å². The lowest BCUT2D eigenvalue weighted by Gasteiger charge is -2.36. The molecule has 2 amide bonds. The van der Waals surface area contributed by atoms with Crippen LogP contribution in [0, 0.1) is 22.7 Å². The van der Waals surface area contributed by atoms with Gasteiger partial charge in [-0.05, 0) is 60.4 Å². The summed E-state index contributed by atoms with van der Waals surface area (Å²) in [7, 11) is 1.58. The summed E-state index contributed by atoms with van der Waals surface area (Å²) in [6, 6.07) is 19.0. The number of para-hydroxylation sites is 2. The van der Waals surface area contributed by atoms with E-state index in [4.69, 9.17) is 4.74 Å². The van der Waals surface area contributed by atoms with Crippen LogP contribution in [0.25, 0.3) is 6.08 Å². The minimum Gasteiger partial charge on any atom is -0.496 e. The van der Waals surface area contributed by atoms with Gasteiger partial charge >= 0.3 is 0 Å². The van der Waals surface area contributed by atoms with E-state index in [1.54, 1.807) is 13.2 Å². The fraction of sp³-hybridized carbons (Fsp3) is 0.333. The molecule has 5 rings (SSSR count). The van der Waals surface area contributed by atoms with Crippen LogP contribution in [0.15, 0.2) is 65.3 Å². The normalized spacial score (nSPS) is 17.5. The Hall–Kier alpha value is -3.87. The number of anilines is 2. The van der Waals surface area contributed by atoms with Crippen LogP contribution >= 0.6 is 23.1 Å². The first-order valence-electron chi connectivity index (χ1n) is 14.1. The minimum atomic E-state index is -0.280. The van der Waals surface area contributed by atoms with Crippen molar-refractivity contribution in [1.29, 1.82) is 5.26 Å². The zero-order valence-corrected chi connectivity index (χ0v) is 25.9. The Balaban J connectivity index is 1.35. The third kappa shape index (κ3) is 6.01. The summed E-state index contributed by atoms with van der Waals surface area (Å²) in [5.74, 6) is 0.703. The molecule has 216 valence electrons. The van der Waals surface area contributed by atoms with E-state index in [2.05, 4.69) is 37.1 Å². The van der Waals surface area contributed by atoms with Crippen molar-refractivity contribution in [3.05, 3.63) is 81.9 Å². The van der Waals surface area contributed by atoms with Gasteiger partial charge in [0, 0.05) is 10.4 Å². The number of ether oxygens (including phenoxy) is 1. The lowest BCUT2D eigenvalue weighted by Crippen LogP contribution is -2.31. The van der Waals surface area contributed by atoms with Crippen LogP contribution in [0.4, 0.5) is 10.7 Å². The van der Waals surface area contributed by atoms with Gasteiger partial charge in [0.05, 0.1) is 24.1 Å². The number of rotatable bonds is 8. The van der Waals surface area contributed by atoms with Crippen molar-refractivity contribution < 1.29 is 14.3 Å². The molecule has 1 aliphatic carbocycles. The largest absolute Gasteiger partial charge is 0.496 e. The van der Waals surface area contributed by atoms with Crippen molar-refractivity contribution in [1.82, 2.24) is 0 Å². The maximum atomic E-state index is 13.5. The highest BCUT2D eigenvalue weighted by molar-refractivity contribution is 8.14. The van der Waals surface area contributed by atoms with E-state index in [-0.39, 0.29) is 28.7 Å². The molecule has 2 aromatic carbocycles. The second kappa shape index (κ2) is 12.6. The first kappa shape index (κ1) is 29.6. The molecule has 0 unspecified atom stereocenters. The average Bonchev–Trinajstić information content (AvgIpc) is 3.51. The smallest absolute Gasteiger partial charge is 0.283 e. The standard InChI is InChI=1S/C33H34N4O3S2/c1-5-33(2,3)22-15-16-24-25(19-34)30(42-28(24)18-22)36-29(38)20-41-32-35-26(17-21-11-9-10-14-27(21)40-4)31(39)37(32)23-12-7-6-8-13-23/h6-14,17,22H,5,15-16,18,20H2,1-4H3,(H,36,38)/b26-17+/t22-/m0/s1. The molecule has 0 saturated heterocycles. The highest BCUT2D eigenvalue weighted by Crippen LogP contribution is 2.45. The first-order valence-corrected chi connectivity index (χ1v) is 15.9. The van der Waals surface area contributed by atoms with Crippen molar-refractivity contribution in [2.75, 3.05) is 23.1 Å². The molecule has 42 heavy (non-hydrogen) atoms. The van der Waals surface area contributed by atoms with Crippen LogP contribution in [0.5, 0.6) is 5.75 Å². The summed E-state index contributed by atoms with van der Waals surface area (Å²) in [6.45, 7) is 6.85. The van der Waals surface area contributed by atoms with E-state index < -0.39 is 0 Å². The lowest BCUT2D eigenvalue weighted by molar-refractivity contribution is -0.114. The lowest BCUT2D eigenvalue weighted by atomic mass is 9.69. The fourth-order valence-electron chi connectivity index (χ4n) is 5.37. The van der Waals surface area contributed by atoms with Gasteiger partial charge in [-0.2, -0.15) is 5.26 Å². The molecule has 2 heterocycles. The van der Waals surface area contributed by atoms with Gasteiger partial charge in [0.2, 0.25) is 5.91 Å². The van der Waals surface area contributed by atoms with Crippen molar-refractivity contribution in [3.63, 3.8) is 0 Å². The van der Waals surface area contributed by atoms with Crippen LogP contribution in [-0.2, 0) is 22.4 Å². The average molecular weight is 599 g/mol. The summed E-state index contributed by atoms with van der Waals surface area (Å²) in [4.78, 5) is 34.1. The molecule has 0 fully saturated rings. The molecule has 7 nitrogen and oxygen atoms in total. The van der Waals surface area contributed by atoms with Crippen LogP contribution < -0.4 is 15.0 Å². The number of amidine groups is 1. The molecule has 1 aliphatic heterocycles. The number of carbonyl (C=O) groups excluding carboxylic acids is 2. The van der Waals surface area contributed by atoms with E-state index in [9.17, 15) is 14.9 Å². The molecule has 1 N–H and O–H groups in total. The summed E-state index contributed by atoms with van der Waals surface area (Å²) in [5.41, 5.74) is 3.56. The number of aliphatic imine (C=N–C) groups is 1. The third-order valence-electron chi connectivity index (χ3n) is 8.25. The molecule has 1 atom stereocenters. The molecule has 0 bridgehead atoms. The van der Waals surface area contributed by atoms with Crippen molar-refractivity contribution in [2.24, 2.45) is 16.3 Å². The summed E-state index contributed by atoms with van der Waals surface area (Å²) < 4.78 is 5.44. The molecule has 3 aromatic rings. The predicted molar refractivity (Wildman–Crippen MR) is 172 cm³/mol. The second-order valence-corrected chi connectivity index (χ2v) is 13.1. The fourth-order valence-corrected chi connectivity index (χ4v) is 7.48. The number of fused-ring (bicyclic) bond motifs is 1. The van der Waals surface area contributed by atoms with E-state index in [0.717, 1.165) is 36.8 Å². The molecule has 0 spiro atoms. The Morgan fingerprint density at radius 3 is 2.69 bits per heavy atom. The summed E-state index contributed by atoms with van der Waals surface area (Å²) in [5, 5.41) is 14.0. The molecule has 9 heteroatoms. The Morgan fingerprint density at radius 1 is 1.24 bits per heavy atom. The van der Waals surface area contributed by atoms with Crippen molar-refractivity contribution in [3.8, 4) is 11.8 Å². The number of amides is 2. The van der Waals surface area contributed by atoms with Gasteiger partial charge in [-0.15, -0.1) is 11.3 Å². The maximum Gasteiger partial charge on any atom is 0.283 e.